The second kappa shape index (κ2) is 5.85. The molecule has 1 aromatic heterocycles. The van der Waals surface area contributed by atoms with Gasteiger partial charge >= 0.3 is 0 Å². The third-order valence-corrected chi connectivity index (χ3v) is 3.72. The molecule has 0 aliphatic heterocycles. The minimum absolute atomic E-state index is 0.175. The van der Waals surface area contributed by atoms with E-state index in [-0.39, 0.29) is 5.91 Å². The highest BCUT2D eigenvalue weighted by Gasteiger charge is 2.19. The van der Waals surface area contributed by atoms with Gasteiger partial charge in [-0.3, -0.25) is 4.79 Å². The second-order valence-electron chi connectivity index (χ2n) is 5.10. The number of aromatic nitrogens is 1. The van der Waals surface area contributed by atoms with Crippen molar-refractivity contribution in [2.45, 2.75) is 38.5 Å². The third kappa shape index (κ3) is 3.22. The molecule has 0 atom stereocenters. The SMILES string of the molecule is CN(C(=O)CC1CCCCC1)c1ccc(N)nc1. The molecule has 0 spiro atoms. The lowest BCUT2D eigenvalue weighted by atomic mass is 9.86. The van der Waals surface area contributed by atoms with Crippen LogP contribution >= 0.6 is 0 Å². The number of carbonyl (C=O) groups excluding carboxylic acids is 1. The lowest BCUT2D eigenvalue weighted by Crippen LogP contribution is -2.28. The van der Waals surface area contributed by atoms with Crippen molar-refractivity contribution in [2.75, 3.05) is 17.7 Å². The standard InChI is InChI=1S/C14H21N3O/c1-17(12-7-8-13(15)16-10-12)14(18)9-11-5-3-2-4-6-11/h7-8,10-11H,2-6,9H2,1H3,(H2,15,16). The molecule has 4 heteroatoms. The van der Waals surface area contributed by atoms with E-state index in [1.807, 2.05) is 6.07 Å². The van der Waals surface area contributed by atoms with Crippen LogP contribution in [0.5, 0.6) is 0 Å². The van der Waals surface area contributed by atoms with Gasteiger partial charge in [-0.1, -0.05) is 19.3 Å². The topological polar surface area (TPSA) is 59.2 Å². The first-order chi connectivity index (χ1) is 8.66. The molecule has 1 amide bonds. The first kappa shape index (κ1) is 12.9. The van der Waals surface area contributed by atoms with E-state index in [1.165, 1.54) is 32.1 Å². The summed E-state index contributed by atoms with van der Waals surface area (Å²) in [5.74, 6) is 1.22. The number of rotatable bonds is 3. The van der Waals surface area contributed by atoms with Crippen molar-refractivity contribution in [1.82, 2.24) is 4.98 Å². The Balaban J connectivity index is 1.93. The summed E-state index contributed by atoms with van der Waals surface area (Å²) < 4.78 is 0. The summed E-state index contributed by atoms with van der Waals surface area (Å²) in [5.41, 5.74) is 6.35. The van der Waals surface area contributed by atoms with E-state index in [9.17, 15) is 4.79 Å². The van der Waals surface area contributed by atoms with Gasteiger partial charge in [-0.15, -0.1) is 0 Å². The smallest absolute Gasteiger partial charge is 0.227 e. The van der Waals surface area contributed by atoms with Crippen LogP contribution in [0.3, 0.4) is 0 Å². The molecule has 1 fully saturated rings. The number of nitrogens with two attached hydrogens (primary N) is 1. The highest BCUT2D eigenvalue weighted by atomic mass is 16.2. The number of hydrogen-bond donors (Lipinski definition) is 1. The highest BCUT2D eigenvalue weighted by Crippen LogP contribution is 2.27. The van der Waals surface area contributed by atoms with E-state index in [0.29, 0.717) is 18.2 Å². The fourth-order valence-electron chi connectivity index (χ4n) is 2.52. The van der Waals surface area contributed by atoms with Crippen LogP contribution in [-0.2, 0) is 4.79 Å². The zero-order valence-corrected chi connectivity index (χ0v) is 10.9. The average Bonchev–Trinajstić information content (AvgIpc) is 2.40. The largest absolute Gasteiger partial charge is 0.384 e. The minimum atomic E-state index is 0.175. The van der Waals surface area contributed by atoms with Crippen LogP contribution in [0.25, 0.3) is 0 Å². The quantitative estimate of drug-likeness (QED) is 0.893. The molecule has 1 aromatic rings. The number of carbonyl (C=O) groups is 1. The van der Waals surface area contributed by atoms with Gasteiger partial charge in [-0.25, -0.2) is 4.98 Å². The number of amides is 1. The minimum Gasteiger partial charge on any atom is -0.384 e. The van der Waals surface area contributed by atoms with Gasteiger partial charge in [0.25, 0.3) is 0 Å². The van der Waals surface area contributed by atoms with E-state index >= 15 is 0 Å². The molecule has 0 bridgehead atoms. The van der Waals surface area contributed by atoms with Crippen LogP contribution in [0.15, 0.2) is 18.3 Å². The molecule has 1 aliphatic carbocycles. The van der Waals surface area contributed by atoms with Gasteiger partial charge in [-0.05, 0) is 30.9 Å². The number of hydrogen-bond acceptors (Lipinski definition) is 3. The first-order valence-corrected chi connectivity index (χ1v) is 6.65. The molecular weight excluding hydrogens is 226 g/mol. The normalized spacial score (nSPS) is 16.5. The van der Waals surface area contributed by atoms with Crippen LogP contribution in [0, 0.1) is 5.92 Å². The summed E-state index contributed by atoms with van der Waals surface area (Å²) in [7, 11) is 1.80. The van der Waals surface area contributed by atoms with Crippen LogP contribution in [0.2, 0.25) is 0 Å². The summed E-state index contributed by atoms with van der Waals surface area (Å²) in [5, 5.41) is 0. The summed E-state index contributed by atoms with van der Waals surface area (Å²) in [6, 6.07) is 3.56. The number of nitrogens with zero attached hydrogens (tertiary/aromatic N) is 2. The van der Waals surface area contributed by atoms with Crippen molar-refractivity contribution in [2.24, 2.45) is 5.92 Å². The molecule has 98 valence electrons. The molecule has 1 saturated carbocycles. The van der Waals surface area contributed by atoms with Crippen molar-refractivity contribution in [3.05, 3.63) is 18.3 Å². The molecule has 1 aliphatic rings. The fourth-order valence-corrected chi connectivity index (χ4v) is 2.52. The maximum atomic E-state index is 12.2. The van der Waals surface area contributed by atoms with Gasteiger partial charge in [0.1, 0.15) is 5.82 Å². The van der Waals surface area contributed by atoms with E-state index < -0.39 is 0 Å². The van der Waals surface area contributed by atoms with Crippen LogP contribution in [0.4, 0.5) is 11.5 Å². The molecule has 2 rings (SSSR count). The number of pyridine rings is 1. The predicted molar refractivity (Wildman–Crippen MR) is 73.3 cm³/mol. The van der Waals surface area contributed by atoms with Gasteiger partial charge in [-0.2, -0.15) is 0 Å². The second-order valence-corrected chi connectivity index (χ2v) is 5.10. The molecular formula is C14H21N3O. The first-order valence-electron chi connectivity index (χ1n) is 6.65. The molecule has 0 unspecified atom stereocenters. The van der Waals surface area contributed by atoms with E-state index in [1.54, 1.807) is 24.2 Å². The predicted octanol–water partition coefficient (Wildman–Crippen LogP) is 2.60. The van der Waals surface area contributed by atoms with Crippen molar-refractivity contribution >= 4 is 17.4 Å². The Labute approximate surface area is 108 Å². The molecule has 18 heavy (non-hydrogen) atoms. The maximum Gasteiger partial charge on any atom is 0.227 e. The zero-order valence-electron chi connectivity index (χ0n) is 10.9. The van der Waals surface area contributed by atoms with Crippen molar-refractivity contribution < 1.29 is 4.79 Å². The van der Waals surface area contributed by atoms with Crippen molar-refractivity contribution in [3.8, 4) is 0 Å². The van der Waals surface area contributed by atoms with Gasteiger partial charge in [0.15, 0.2) is 0 Å². The molecule has 1 heterocycles. The third-order valence-electron chi connectivity index (χ3n) is 3.72. The Morgan fingerprint density at radius 2 is 2.11 bits per heavy atom. The molecule has 4 nitrogen and oxygen atoms in total. The molecule has 0 radical (unpaired) electrons. The Hall–Kier alpha value is -1.58. The molecule has 0 aromatic carbocycles. The number of nitrogen functional groups attached to an aromatic ring is 1. The lowest BCUT2D eigenvalue weighted by molar-refractivity contribution is -0.119. The van der Waals surface area contributed by atoms with E-state index in [0.717, 1.165) is 5.69 Å². The summed E-state index contributed by atoms with van der Waals surface area (Å²) in [6.45, 7) is 0. The summed E-state index contributed by atoms with van der Waals surface area (Å²) in [4.78, 5) is 17.9. The monoisotopic (exact) mass is 247 g/mol. The van der Waals surface area contributed by atoms with Crippen LogP contribution in [-0.4, -0.2) is 17.9 Å². The highest BCUT2D eigenvalue weighted by molar-refractivity contribution is 5.92. The average molecular weight is 247 g/mol. The molecule has 0 saturated heterocycles. The van der Waals surface area contributed by atoms with Crippen LogP contribution < -0.4 is 10.6 Å². The Bertz CT molecular complexity index is 396. The summed E-state index contributed by atoms with van der Waals surface area (Å²) in [6.07, 6.45) is 8.55. The van der Waals surface area contributed by atoms with Crippen molar-refractivity contribution in [1.29, 1.82) is 0 Å². The van der Waals surface area contributed by atoms with Gasteiger partial charge in [0, 0.05) is 13.5 Å². The van der Waals surface area contributed by atoms with Gasteiger partial charge in [0.05, 0.1) is 11.9 Å². The lowest BCUT2D eigenvalue weighted by Gasteiger charge is -2.24. The summed E-state index contributed by atoms with van der Waals surface area (Å²) >= 11 is 0. The van der Waals surface area contributed by atoms with E-state index in [4.69, 9.17) is 5.73 Å². The Morgan fingerprint density at radius 1 is 1.39 bits per heavy atom. The molecule has 2 N–H and O–H groups in total. The van der Waals surface area contributed by atoms with Gasteiger partial charge < -0.3 is 10.6 Å². The van der Waals surface area contributed by atoms with Gasteiger partial charge in [0.2, 0.25) is 5.91 Å². The zero-order chi connectivity index (χ0) is 13.0. The fraction of sp³-hybridized carbons (Fsp3) is 0.571. The van der Waals surface area contributed by atoms with E-state index in [2.05, 4.69) is 4.98 Å². The Kier molecular flexibility index (Phi) is 4.18. The number of anilines is 2. The Morgan fingerprint density at radius 3 is 2.72 bits per heavy atom. The maximum absolute atomic E-state index is 12.2. The van der Waals surface area contributed by atoms with Crippen LogP contribution in [0.1, 0.15) is 38.5 Å². The van der Waals surface area contributed by atoms with Crippen molar-refractivity contribution in [3.63, 3.8) is 0 Å².